The number of alkyl halides is 1. The molecule has 2 nitrogen and oxygen atoms in total. The van der Waals surface area contributed by atoms with Crippen molar-refractivity contribution in [1.29, 1.82) is 0 Å². The van der Waals surface area contributed by atoms with Crippen molar-refractivity contribution in [2.75, 3.05) is 11.6 Å². The van der Waals surface area contributed by atoms with Crippen molar-refractivity contribution < 1.29 is 0 Å². The number of halogens is 2. The first-order chi connectivity index (χ1) is 5.33. The fourth-order valence-electron chi connectivity index (χ4n) is 0.688. The van der Waals surface area contributed by atoms with Gasteiger partial charge in [-0.25, -0.2) is 4.98 Å². The molecule has 0 saturated heterocycles. The molecule has 0 bridgehead atoms. The lowest BCUT2D eigenvalue weighted by atomic mass is 10.6. The average Bonchev–Trinajstić information content (AvgIpc) is 2.37. The smallest absolute Gasteiger partial charge is 0.165 e. The summed E-state index contributed by atoms with van der Waals surface area (Å²) in [7, 11) is 0. The van der Waals surface area contributed by atoms with Crippen molar-refractivity contribution in [1.82, 2.24) is 9.97 Å². The van der Waals surface area contributed by atoms with E-state index < -0.39 is 0 Å². The predicted octanol–water partition coefficient (Wildman–Crippen LogP) is 2.86. The van der Waals surface area contributed by atoms with Crippen molar-refractivity contribution in [2.45, 2.75) is 18.5 Å². The van der Waals surface area contributed by atoms with Crippen molar-refractivity contribution in [3.63, 3.8) is 0 Å². The molecule has 1 aromatic heterocycles. The van der Waals surface area contributed by atoms with Crippen LogP contribution in [-0.4, -0.2) is 21.6 Å². The molecule has 1 N–H and O–H groups in total. The maximum Gasteiger partial charge on any atom is 0.165 e. The zero-order valence-corrected chi connectivity index (χ0v) is 9.23. The second kappa shape index (κ2) is 6.63. The van der Waals surface area contributed by atoms with E-state index in [0.29, 0.717) is 0 Å². The molecule has 1 heterocycles. The van der Waals surface area contributed by atoms with Crippen LogP contribution in [-0.2, 0) is 0 Å². The third-order valence-corrected chi connectivity index (χ3v) is 2.44. The van der Waals surface area contributed by atoms with Crippen LogP contribution in [0.5, 0.6) is 0 Å². The Morgan fingerprint density at radius 3 is 2.92 bits per heavy atom. The van der Waals surface area contributed by atoms with E-state index in [2.05, 4.69) is 9.97 Å². The normalized spacial score (nSPS) is 9.50. The molecule has 5 heteroatoms. The number of rotatable bonds is 4. The zero-order valence-electron chi connectivity index (χ0n) is 6.84. The molecule has 0 unspecified atom stereocenters. The van der Waals surface area contributed by atoms with E-state index in [-0.39, 0.29) is 12.4 Å². The molecule has 0 saturated carbocycles. The number of hydrogen-bond donors (Lipinski definition) is 1. The number of hydrogen-bond acceptors (Lipinski definition) is 2. The van der Waals surface area contributed by atoms with Gasteiger partial charge in [-0.05, 0) is 13.3 Å². The van der Waals surface area contributed by atoms with E-state index in [4.69, 9.17) is 11.6 Å². The summed E-state index contributed by atoms with van der Waals surface area (Å²) in [6.45, 7) is 1.97. The highest BCUT2D eigenvalue weighted by molar-refractivity contribution is 7.99. The van der Waals surface area contributed by atoms with Crippen LogP contribution in [0.1, 0.15) is 12.1 Å². The van der Waals surface area contributed by atoms with Gasteiger partial charge in [0.15, 0.2) is 5.16 Å². The summed E-state index contributed by atoms with van der Waals surface area (Å²) in [5, 5.41) is 0.993. The van der Waals surface area contributed by atoms with Crippen LogP contribution in [0.25, 0.3) is 0 Å². The third kappa shape index (κ3) is 4.24. The minimum atomic E-state index is 0. The van der Waals surface area contributed by atoms with Gasteiger partial charge in [-0.15, -0.1) is 24.0 Å². The van der Waals surface area contributed by atoms with Crippen molar-refractivity contribution in [3.05, 3.63) is 11.9 Å². The molecule has 0 aromatic carbocycles. The van der Waals surface area contributed by atoms with Gasteiger partial charge in [0.2, 0.25) is 0 Å². The zero-order chi connectivity index (χ0) is 8.10. The number of aromatic nitrogens is 2. The maximum absolute atomic E-state index is 5.53. The lowest BCUT2D eigenvalue weighted by Crippen LogP contribution is -1.82. The van der Waals surface area contributed by atoms with E-state index in [1.807, 2.05) is 13.1 Å². The Bertz CT molecular complexity index is 215. The standard InChI is InChI=1S/C7H11ClN2S.ClH/c1-6-5-9-7(10-6)11-4-2-3-8;/h5H,2-4H2,1H3,(H,9,10);1H. The first-order valence-electron chi connectivity index (χ1n) is 3.53. The first-order valence-corrected chi connectivity index (χ1v) is 5.05. The second-order valence-corrected chi connectivity index (χ2v) is 3.70. The van der Waals surface area contributed by atoms with Gasteiger partial charge in [0.05, 0.1) is 5.69 Å². The monoisotopic (exact) mass is 226 g/mol. The Morgan fingerprint density at radius 1 is 1.67 bits per heavy atom. The SMILES string of the molecule is Cc1c[nH]c(SCCCCl)n1.Cl. The van der Waals surface area contributed by atoms with Crippen molar-refractivity contribution in [3.8, 4) is 0 Å². The van der Waals surface area contributed by atoms with Gasteiger partial charge in [0.1, 0.15) is 0 Å². The van der Waals surface area contributed by atoms with E-state index in [0.717, 1.165) is 28.9 Å². The number of aromatic amines is 1. The number of thioether (sulfide) groups is 1. The predicted molar refractivity (Wildman–Crippen MR) is 56.6 cm³/mol. The molecule has 0 spiro atoms. The number of nitrogens with one attached hydrogen (secondary N) is 1. The number of H-pyrrole nitrogens is 1. The highest BCUT2D eigenvalue weighted by atomic mass is 35.5. The molecule has 0 aliphatic rings. The quantitative estimate of drug-likeness (QED) is 0.486. The van der Waals surface area contributed by atoms with Crippen LogP contribution in [0, 0.1) is 6.92 Å². The van der Waals surface area contributed by atoms with E-state index in [9.17, 15) is 0 Å². The summed E-state index contributed by atoms with van der Waals surface area (Å²) in [6.07, 6.45) is 2.94. The summed E-state index contributed by atoms with van der Waals surface area (Å²) in [4.78, 5) is 7.32. The lowest BCUT2D eigenvalue weighted by Gasteiger charge is -1.92. The molecule has 0 amide bonds. The highest BCUT2D eigenvalue weighted by Gasteiger charge is 1.96. The van der Waals surface area contributed by atoms with E-state index in [1.54, 1.807) is 11.8 Å². The summed E-state index contributed by atoms with van der Waals surface area (Å²) in [5.41, 5.74) is 1.04. The van der Waals surface area contributed by atoms with Crippen molar-refractivity contribution in [2.24, 2.45) is 0 Å². The minimum absolute atomic E-state index is 0. The van der Waals surface area contributed by atoms with Crippen LogP contribution < -0.4 is 0 Å². The minimum Gasteiger partial charge on any atom is -0.339 e. The van der Waals surface area contributed by atoms with E-state index in [1.165, 1.54) is 0 Å². The third-order valence-electron chi connectivity index (χ3n) is 1.20. The molecular formula is C7H12Cl2N2S. The molecule has 0 aliphatic carbocycles. The van der Waals surface area contributed by atoms with Crippen LogP contribution in [0.2, 0.25) is 0 Å². The second-order valence-electron chi connectivity index (χ2n) is 2.24. The fraction of sp³-hybridized carbons (Fsp3) is 0.571. The number of imidazole rings is 1. The Morgan fingerprint density at radius 2 is 2.42 bits per heavy atom. The molecule has 0 fully saturated rings. The Kier molecular flexibility index (Phi) is 6.71. The van der Waals surface area contributed by atoms with Gasteiger partial charge in [0, 0.05) is 17.8 Å². The summed E-state index contributed by atoms with van der Waals surface area (Å²) in [5.74, 6) is 1.77. The molecule has 70 valence electrons. The summed E-state index contributed by atoms with van der Waals surface area (Å²) < 4.78 is 0. The average molecular weight is 227 g/mol. The van der Waals surface area contributed by atoms with Crippen LogP contribution in [0.15, 0.2) is 11.4 Å². The number of nitrogens with zero attached hydrogens (tertiary/aromatic N) is 1. The van der Waals surface area contributed by atoms with Gasteiger partial charge in [-0.1, -0.05) is 11.8 Å². The van der Waals surface area contributed by atoms with Crippen LogP contribution in [0.3, 0.4) is 0 Å². The molecule has 0 aliphatic heterocycles. The molecule has 0 radical (unpaired) electrons. The highest BCUT2D eigenvalue weighted by Crippen LogP contribution is 2.14. The molecule has 1 rings (SSSR count). The first kappa shape index (κ1) is 12.1. The molecule has 12 heavy (non-hydrogen) atoms. The van der Waals surface area contributed by atoms with Crippen LogP contribution >= 0.6 is 35.8 Å². The van der Waals surface area contributed by atoms with Crippen LogP contribution in [0.4, 0.5) is 0 Å². The topological polar surface area (TPSA) is 28.7 Å². The molecule has 1 aromatic rings. The fourth-order valence-corrected chi connectivity index (χ4v) is 1.81. The van der Waals surface area contributed by atoms with Gasteiger partial charge in [0.25, 0.3) is 0 Å². The Balaban J connectivity index is 0.00000121. The largest absolute Gasteiger partial charge is 0.339 e. The summed E-state index contributed by atoms with van der Waals surface area (Å²) >= 11 is 7.24. The Hall–Kier alpha value is 0.140. The maximum atomic E-state index is 5.53. The van der Waals surface area contributed by atoms with Gasteiger partial charge >= 0.3 is 0 Å². The molecular weight excluding hydrogens is 215 g/mol. The van der Waals surface area contributed by atoms with E-state index >= 15 is 0 Å². The molecule has 0 atom stereocenters. The number of aryl methyl sites for hydroxylation is 1. The van der Waals surface area contributed by atoms with Gasteiger partial charge < -0.3 is 4.98 Å². The van der Waals surface area contributed by atoms with Gasteiger partial charge in [-0.3, -0.25) is 0 Å². The van der Waals surface area contributed by atoms with Crippen molar-refractivity contribution >= 4 is 35.8 Å². The van der Waals surface area contributed by atoms with Gasteiger partial charge in [-0.2, -0.15) is 0 Å². The Labute approximate surface area is 87.9 Å². The lowest BCUT2D eigenvalue weighted by molar-refractivity contribution is 1.03. The summed E-state index contributed by atoms with van der Waals surface area (Å²) in [6, 6.07) is 0.